The number of ether oxygens (including phenoxy) is 1. The minimum absolute atomic E-state index is 0.290. The predicted octanol–water partition coefficient (Wildman–Crippen LogP) is 2.92. The molecule has 2 rings (SSSR count). The average Bonchev–Trinajstić information content (AvgIpc) is 2.44. The molecule has 0 saturated heterocycles. The molecule has 2 aromatic carbocycles. The van der Waals surface area contributed by atoms with Crippen LogP contribution in [0, 0.1) is 11.6 Å². The third-order valence-electron chi connectivity index (χ3n) is 2.96. The van der Waals surface area contributed by atoms with E-state index in [1.54, 1.807) is 24.3 Å². The third kappa shape index (κ3) is 3.12. The van der Waals surface area contributed by atoms with Gasteiger partial charge in [0.2, 0.25) is 0 Å². The number of benzene rings is 2. The lowest BCUT2D eigenvalue weighted by Crippen LogP contribution is -2.29. The molecule has 0 fully saturated rings. The molecule has 20 heavy (non-hydrogen) atoms. The van der Waals surface area contributed by atoms with Crippen molar-refractivity contribution >= 4 is 0 Å². The van der Waals surface area contributed by atoms with Crippen molar-refractivity contribution in [3.05, 3.63) is 65.2 Å². The molecule has 3 nitrogen and oxygen atoms in total. The van der Waals surface area contributed by atoms with Gasteiger partial charge in [0.05, 0.1) is 12.6 Å². The summed E-state index contributed by atoms with van der Waals surface area (Å²) in [5.74, 6) is 4.97. The van der Waals surface area contributed by atoms with Crippen molar-refractivity contribution in [2.45, 2.75) is 13.0 Å². The normalized spacial score (nSPS) is 12.2. The lowest BCUT2D eigenvalue weighted by atomic mass is 9.98. The molecule has 106 valence electrons. The highest BCUT2D eigenvalue weighted by molar-refractivity contribution is 5.36. The molecule has 0 saturated carbocycles. The molecule has 5 heteroatoms. The smallest absolute Gasteiger partial charge is 0.131 e. The van der Waals surface area contributed by atoms with Crippen LogP contribution in [0.2, 0.25) is 0 Å². The van der Waals surface area contributed by atoms with Crippen LogP contribution < -0.4 is 16.0 Å². The Balaban J connectivity index is 2.31. The first-order valence-electron chi connectivity index (χ1n) is 6.29. The number of nitrogens with two attached hydrogens (primary N) is 1. The van der Waals surface area contributed by atoms with Gasteiger partial charge in [-0.05, 0) is 30.7 Å². The lowest BCUT2D eigenvalue weighted by molar-refractivity contribution is 0.340. The molecule has 0 aromatic heterocycles. The Morgan fingerprint density at radius 1 is 1.15 bits per heavy atom. The summed E-state index contributed by atoms with van der Waals surface area (Å²) in [6, 6.07) is 10.0. The zero-order chi connectivity index (χ0) is 14.5. The van der Waals surface area contributed by atoms with E-state index in [1.165, 1.54) is 12.1 Å². The van der Waals surface area contributed by atoms with Crippen LogP contribution in [-0.4, -0.2) is 6.61 Å². The number of nitrogens with one attached hydrogen (secondary N) is 1. The minimum Gasteiger partial charge on any atom is -0.494 e. The van der Waals surface area contributed by atoms with E-state index in [1.807, 2.05) is 6.92 Å². The molecule has 0 radical (unpaired) electrons. The summed E-state index contributed by atoms with van der Waals surface area (Å²) in [5, 5.41) is 0. The maximum Gasteiger partial charge on any atom is 0.131 e. The van der Waals surface area contributed by atoms with Crippen LogP contribution in [0.25, 0.3) is 0 Å². The van der Waals surface area contributed by atoms with Gasteiger partial charge in [-0.25, -0.2) is 14.2 Å². The van der Waals surface area contributed by atoms with Gasteiger partial charge in [-0.15, -0.1) is 0 Å². The molecule has 3 N–H and O–H groups in total. The van der Waals surface area contributed by atoms with Crippen LogP contribution in [0.15, 0.2) is 42.5 Å². The highest BCUT2D eigenvalue weighted by Gasteiger charge is 2.17. The van der Waals surface area contributed by atoms with Gasteiger partial charge in [-0.3, -0.25) is 5.84 Å². The molecule has 0 aliphatic carbocycles. The molecule has 0 amide bonds. The van der Waals surface area contributed by atoms with Crippen LogP contribution in [0.5, 0.6) is 5.75 Å². The Labute approximate surface area is 116 Å². The van der Waals surface area contributed by atoms with Crippen molar-refractivity contribution in [1.29, 1.82) is 0 Å². The van der Waals surface area contributed by atoms with Crippen molar-refractivity contribution < 1.29 is 13.5 Å². The van der Waals surface area contributed by atoms with Crippen LogP contribution in [-0.2, 0) is 0 Å². The summed E-state index contributed by atoms with van der Waals surface area (Å²) in [6.07, 6.45) is 0. The summed E-state index contributed by atoms with van der Waals surface area (Å²) in [5.41, 5.74) is 3.60. The highest BCUT2D eigenvalue weighted by atomic mass is 19.1. The van der Waals surface area contributed by atoms with Gasteiger partial charge >= 0.3 is 0 Å². The van der Waals surface area contributed by atoms with E-state index in [4.69, 9.17) is 10.6 Å². The molecular weight excluding hydrogens is 262 g/mol. The van der Waals surface area contributed by atoms with E-state index >= 15 is 0 Å². The van der Waals surface area contributed by atoms with Gasteiger partial charge in [0, 0.05) is 11.6 Å². The fourth-order valence-electron chi connectivity index (χ4n) is 2.02. The lowest BCUT2D eigenvalue weighted by Gasteiger charge is -2.18. The Kier molecular flexibility index (Phi) is 4.65. The summed E-state index contributed by atoms with van der Waals surface area (Å²) >= 11 is 0. The van der Waals surface area contributed by atoms with E-state index in [-0.39, 0.29) is 5.56 Å². The quantitative estimate of drug-likeness (QED) is 0.653. The first kappa shape index (κ1) is 14.4. The van der Waals surface area contributed by atoms with Crippen molar-refractivity contribution in [2.24, 2.45) is 5.84 Å². The van der Waals surface area contributed by atoms with E-state index in [9.17, 15) is 8.78 Å². The second-order valence-electron chi connectivity index (χ2n) is 4.27. The van der Waals surface area contributed by atoms with Crippen molar-refractivity contribution in [2.75, 3.05) is 6.61 Å². The first-order valence-corrected chi connectivity index (χ1v) is 6.29. The van der Waals surface area contributed by atoms with Crippen LogP contribution in [0.4, 0.5) is 8.78 Å². The monoisotopic (exact) mass is 278 g/mol. The first-order chi connectivity index (χ1) is 9.65. The minimum atomic E-state index is -0.637. The molecule has 0 aliphatic rings. The van der Waals surface area contributed by atoms with Crippen LogP contribution >= 0.6 is 0 Å². The standard InChI is InChI=1S/C15H16F2N2O/c1-2-20-12-6-3-10(4-7-12)15(19-18)13-8-5-11(16)9-14(13)17/h3-9,15,19H,2,18H2,1H3. The van der Waals surface area contributed by atoms with E-state index in [0.717, 1.165) is 17.4 Å². The largest absolute Gasteiger partial charge is 0.494 e. The van der Waals surface area contributed by atoms with Crippen molar-refractivity contribution in [1.82, 2.24) is 5.43 Å². The van der Waals surface area contributed by atoms with E-state index in [0.29, 0.717) is 6.61 Å². The number of halogens is 2. The maximum absolute atomic E-state index is 13.8. The SMILES string of the molecule is CCOc1ccc(C(NN)c2ccc(F)cc2F)cc1. The van der Waals surface area contributed by atoms with Gasteiger partial charge in [-0.1, -0.05) is 18.2 Å². The second kappa shape index (κ2) is 6.45. The zero-order valence-electron chi connectivity index (χ0n) is 11.1. The molecule has 2 aromatic rings. The summed E-state index contributed by atoms with van der Waals surface area (Å²) in [7, 11) is 0. The van der Waals surface area contributed by atoms with Gasteiger partial charge < -0.3 is 4.74 Å². The van der Waals surface area contributed by atoms with Crippen molar-refractivity contribution in [3.8, 4) is 5.75 Å². The Bertz CT molecular complexity index is 573. The highest BCUT2D eigenvalue weighted by Crippen LogP contribution is 2.26. The number of rotatable bonds is 5. The summed E-state index contributed by atoms with van der Waals surface area (Å²) < 4.78 is 32.1. The molecule has 1 atom stereocenters. The molecule has 1 unspecified atom stereocenters. The van der Waals surface area contributed by atoms with Gasteiger partial charge in [-0.2, -0.15) is 0 Å². The van der Waals surface area contributed by atoms with E-state index in [2.05, 4.69) is 5.43 Å². The topological polar surface area (TPSA) is 47.3 Å². The maximum atomic E-state index is 13.8. The number of hydrogen-bond donors (Lipinski definition) is 2. The second-order valence-corrected chi connectivity index (χ2v) is 4.27. The van der Waals surface area contributed by atoms with Crippen LogP contribution in [0.3, 0.4) is 0 Å². The summed E-state index contributed by atoms with van der Waals surface area (Å²) in [4.78, 5) is 0. The average molecular weight is 278 g/mol. The fourth-order valence-corrected chi connectivity index (χ4v) is 2.02. The zero-order valence-corrected chi connectivity index (χ0v) is 11.1. The molecular formula is C15H16F2N2O. The van der Waals surface area contributed by atoms with Crippen molar-refractivity contribution in [3.63, 3.8) is 0 Å². The number of hydrazine groups is 1. The van der Waals surface area contributed by atoms with Gasteiger partial charge in [0.15, 0.2) is 0 Å². The fraction of sp³-hybridized carbons (Fsp3) is 0.200. The molecule has 0 spiro atoms. The molecule has 0 bridgehead atoms. The Hall–Kier alpha value is -1.98. The van der Waals surface area contributed by atoms with Gasteiger partial charge in [0.25, 0.3) is 0 Å². The Morgan fingerprint density at radius 3 is 2.40 bits per heavy atom. The van der Waals surface area contributed by atoms with Gasteiger partial charge in [0.1, 0.15) is 17.4 Å². The number of hydrogen-bond acceptors (Lipinski definition) is 3. The molecule has 0 aliphatic heterocycles. The third-order valence-corrected chi connectivity index (χ3v) is 2.96. The Morgan fingerprint density at radius 2 is 1.85 bits per heavy atom. The summed E-state index contributed by atoms with van der Waals surface area (Å²) in [6.45, 7) is 2.47. The van der Waals surface area contributed by atoms with E-state index < -0.39 is 17.7 Å². The molecule has 0 heterocycles. The van der Waals surface area contributed by atoms with Crippen LogP contribution in [0.1, 0.15) is 24.1 Å². The predicted molar refractivity (Wildman–Crippen MR) is 73.1 cm³/mol.